The number of thioether (sulfide) groups is 1. The molecule has 0 aliphatic heterocycles. The molecule has 2 heterocycles. The van der Waals surface area contributed by atoms with Crippen LogP contribution in [0.2, 0.25) is 0 Å². The van der Waals surface area contributed by atoms with Crippen LogP contribution in [0, 0.1) is 5.82 Å². The number of para-hydroxylation sites is 1. The van der Waals surface area contributed by atoms with E-state index in [-0.39, 0.29) is 11.7 Å². The van der Waals surface area contributed by atoms with Crippen molar-refractivity contribution in [2.45, 2.75) is 50.1 Å². The van der Waals surface area contributed by atoms with Gasteiger partial charge in [-0.1, -0.05) is 49.0 Å². The van der Waals surface area contributed by atoms with Gasteiger partial charge in [0.2, 0.25) is 5.91 Å². The zero-order valence-corrected chi connectivity index (χ0v) is 20.6. The van der Waals surface area contributed by atoms with Crippen molar-refractivity contribution < 1.29 is 9.18 Å². The van der Waals surface area contributed by atoms with Gasteiger partial charge in [-0.25, -0.2) is 9.37 Å². The molecule has 6 nitrogen and oxygen atoms in total. The topological polar surface area (TPSA) is 63.9 Å². The van der Waals surface area contributed by atoms with E-state index < -0.39 is 0 Å². The number of rotatable bonds is 8. The van der Waals surface area contributed by atoms with E-state index in [0.29, 0.717) is 28.3 Å². The predicted octanol–water partition coefficient (Wildman–Crippen LogP) is 6.41. The second-order valence-corrected chi connectivity index (χ2v) is 9.91. The number of carbonyl (C=O) groups excluding carboxylic acids is 1. The Morgan fingerprint density at radius 1 is 1.18 bits per heavy atom. The smallest absolute Gasteiger partial charge is 0.230 e. The minimum absolute atomic E-state index is 0.0718. The lowest BCUT2D eigenvalue weighted by Gasteiger charge is -2.20. The summed E-state index contributed by atoms with van der Waals surface area (Å²) in [6.07, 6.45) is 2.91. The molecule has 1 fully saturated rings. The van der Waals surface area contributed by atoms with Gasteiger partial charge >= 0.3 is 0 Å². The first-order valence-corrected chi connectivity index (χ1v) is 13.1. The summed E-state index contributed by atoms with van der Waals surface area (Å²) < 4.78 is 16.5. The highest BCUT2D eigenvalue weighted by Crippen LogP contribution is 2.42. The molecule has 0 saturated heterocycles. The highest BCUT2D eigenvalue weighted by atomic mass is 32.2. The van der Waals surface area contributed by atoms with Crippen LogP contribution in [-0.4, -0.2) is 25.7 Å². The summed E-state index contributed by atoms with van der Waals surface area (Å²) in [5, 5.41) is 12.1. The van der Waals surface area contributed by atoms with Gasteiger partial charge in [-0.2, -0.15) is 0 Å². The van der Waals surface area contributed by atoms with Crippen LogP contribution < -0.4 is 4.90 Å². The van der Waals surface area contributed by atoms with Gasteiger partial charge in [0.1, 0.15) is 5.82 Å². The second kappa shape index (κ2) is 9.68. The van der Waals surface area contributed by atoms with Crippen molar-refractivity contribution >= 4 is 39.8 Å². The van der Waals surface area contributed by atoms with Crippen LogP contribution in [0.5, 0.6) is 0 Å². The fourth-order valence-corrected chi connectivity index (χ4v) is 5.79. The number of benzene rings is 2. The molecule has 5 rings (SSSR count). The maximum absolute atomic E-state index is 14.4. The monoisotopic (exact) mass is 493 g/mol. The molecule has 1 saturated carbocycles. The number of aromatic nitrogens is 4. The number of nitrogens with zero attached hydrogens (tertiary/aromatic N) is 5. The van der Waals surface area contributed by atoms with Crippen molar-refractivity contribution in [1.82, 2.24) is 19.7 Å². The molecule has 0 radical (unpaired) electrons. The lowest BCUT2D eigenvalue weighted by atomic mass is 10.1. The molecule has 1 aliphatic rings. The summed E-state index contributed by atoms with van der Waals surface area (Å²) in [5.74, 6) is 0.785. The molecule has 4 aromatic rings. The van der Waals surface area contributed by atoms with Crippen molar-refractivity contribution in [3.8, 4) is 11.4 Å². The lowest BCUT2D eigenvalue weighted by molar-refractivity contribution is -0.115. The highest BCUT2D eigenvalue weighted by molar-refractivity contribution is 7.98. The van der Waals surface area contributed by atoms with Gasteiger partial charge in [0, 0.05) is 24.1 Å². The molecule has 34 heavy (non-hydrogen) atoms. The van der Waals surface area contributed by atoms with Crippen LogP contribution in [0.1, 0.15) is 44.0 Å². The molecule has 0 spiro atoms. The van der Waals surface area contributed by atoms with Crippen LogP contribution in [0.25, 0.3) is 11.4 Å². The average Bonchev–Trinajstić information content (AvgIpc) is 3.42. The van der Waals surface area contributed by atoms with Gasteiger partial charge < -0.3 is 0 Å². The van der Waals surface area contributed by atoms with Crippen molar-refractivity contribution in [2.24, 2.45) is 0 Å². The van der Waals surface area contributed by atoms with Gasteiger partial charge in [-0.3, -0.25) is 14.3 Å². The third-order valence-corrected chi connectivity index (χ3v) is 7.55. The first-order valence-electron chi connectivity index (χ1n) is 11.2. The van der Waals surface area contributed by atoms with E-state index in [2.05, 4.69) is 21.7 Å². The van der Waals surface area contributed by atoms with Crippen molar-refractivity contribution in [2.75, 3.05) is 4.90 Å². The van der Waals surface area contributed by atoms with E-state index in [4.69, 9.17) is 4.98 Å². The summed E-state index contributed by atoms with van der Waals surface area (Å²) in [4.78, 5) is 19.0. The van der Waals surface area contributed by atoms with Crippen molar-refractivity contribution in [3.63, 3.8) is 0 Å². The molecule has 2 aromatic heterocycles. The summed E-state index contributed by atoms with van der Waals surface area (Å²) >= 11 is 2.98. The van der Waals surface area contributed by atoms with E-state index in [9.17, 15) is 9.18 Å². The number of thiazole rings is 1. The zero-order chi connectivity index (χ0) is 23.7. The molecular formula is C25H24FN5OS2. The number of aryl methyl sites for hydroxylation is 1. The number of anilines is 2. The molecule has 0 unspecified atom stereocenters. The summed E-state index contributed by atoms with van der Waals surface area (Å²) in [5.41, 5.74) is 3.30. The molecule has 0 N–H and O–H groups in total. The Bertz CT molecular complexity index is 1330. The van der Waals surface area contributed by atoms with Gasteiger partial charge in [-0.05, 0) is 43.0 Å². The minimum Gasteiger partial charge on any atom is -0.299 e. The third-order valence-electron chi connectivity index (χ3n) is 5.70. The van der Waals surface area contributed by atoms with Gasteiger partial charge in [0.25, 0.3) is 0 Å². The summed E-state index contributed by atoms with van der Waals surface area (Å²) in [6.45, 7) is 3.64. The van der Waals surface area contributed by atoms with E-state index in [1.54, 1.807) is 24.0 Å². The maximum Gasteiger partial charge on any atom is 0.230 e. The van der Waals surface area contributed by atoms with Crippen LogP contribution in [0.4, 0.5) is 15.2 Å². The van der Waals surface area contributed by atoms with Gasteiger partial charge in [0.15, 0.2) is 16.1 Å². The zero-order valence-electron chi connectivity index (χ0n) is 18.9. The molecule has 1 amide bonds. The van der Waals surface area contributed by atoms with Gasteiger partial charge in [0.05, 0.1) is 16.9 Å². The van der Waals surface area contributed by atoms with Crippen molar-refractivity contribution in [3.05, 3.63) is 71.0 Å². The Balaban J connectivity index is 1.38. The molecule has 174 valence electrons. The Kier molecular flexibility index (Phi) is 6.47. The molecule has 9 heteroatoms. The SMILES string of the molecule is CCc1ccccc1N(C(C)=O)c1nc(CSc2nnc(-c3ccccc3F)n2C2CC2)cs1. The maximum atomic E-state index is 14.4. The molecule has 2 aromatic carbocycles. The van der Waals surface area contributed by atoms with Crippen molar-refractivity contribution in [1.29, 1.82) is 0 Å². The Morgan fingerprint density at radius 2 is 1.94 bits per heavy atom. The Morgan fingerprint density at radius 3 is 2.68 bits per heavy atom. The number of carbonyl (C=O) groups is 1. The first-order chi connectivity index (χ1) is 16.6. The number of hydrogen-bond donors (Lipinski definition) is 0. The van der Waals surface area contributed by atoms with E-state index in [1.165, 1.54) is 29.2 Å². The van der Waals surface area contributed by atoms with E-state index >= 15 is 0 Å². The molecule has 0 bridgehead atoms. The molecule has 1 aliphatic carbocycles. The number of halogens is 1. The lowest BCUT2D eigenvalue weighted by Crippen LogP contribution is -2.23. The Hall–Kier alpha value is -3.04. The average molecular weight is 494 g/mol. The predicted molar refractivity (Wildman–Crippen MR) is 134 cm³/mol. The van der Waals surface area contributed by atoms with E-state index in [1.807, 2.05) is 35.7 Å². The van der Waals surface area contributed by atoms with Crippen LogP contribution in [0.15, 0.2) is 59.1 Å². The quantitative estimate of drug-likeness (QED) is 0.265. The Labute approximate surface area is 205 Å². The summed E-state index contributed by atoms with van der Waals surface area (Å²) in [7, 11) is 0. The molecular weight excluding hydrogens is 469 g/mol. The van der Waals surface area contributed by atoms with E-state index in [0.717, 1.165) is 41.4 Å². The number of hydrogen-bond acceptors (Lipinski definition) is 6. The fourth-order valence-electron chi connectivity index (χ4n) is 3.90. The highest BCUT2D eigenvalue weighted by Gasteiger charge is 2.31. The van der Waals surface area contributed by atoms with Crippen LogP contribution >= 0.6 is 23.1 Å². The molecule has 0 atom stereocenters. The van der Waals surface area contributed by atoms with Gasteiger partial charge in [-0.15, -0.1) is 21.5 Å². The van der Waals surface area contributed by atoms with Crippen LogP contribution in [0.3, 0.4) is 0 Å². The largest absolute Gasteiger partial charge is 0.299 e. The second-order valence-electron chi connectivity index (χ2n) is 8.13. The standard InChI is InChI=1S/C25H24FN5OS2/c1-3-17-8-4-7-11-22(17)30(16(2)32)24-27-18(14-33-24)15-34-25-29-28-23(31(25)19-12-13-19)20-9-5-6-10-21(20)26/h4-11,14,19H,3,12-13,15H2,1-2H3. The third kappa shape index (κ3) is 4.50. The summed E-state index contributed by atoms with van der Waals surface area (Å²) in [6, 6.07) is 14.9. The minimum atomic E-state index is -0.297. The first kappa shape index (κ1) is 22.7. The number of amides is 1. The fraction of sp³-hybridized carbons (Fsp3) is 0.280. The van der Waals surface area contributed by atoms with Crippen LogP contribution in [-0.2, 0) is 17.0 Å². The normalized spacial score (nSPS) is 13.3.